The Morgan fingerprint density at radius 3 is 0.784 bits per heavy atom. The zero-order valence-electron chi connectivity index (χ0n) is 63.4. The number of carbonyl (C=O) groups excluding carboxylic acids is 4. The molecular weight excluding hydrogens is 1270 g/mol. The Morgan fingerprint density at radius 1 is 0.299 bits per heavy atom. The van der Waals surface area contributed by atoms with E-state index in [9.17, 15) is 43.2 Å². The van der Waals surface area contributed by atoms with Crippen LogP contribution in [-0.2, 0) is 65.4 Å². The van der Waals surface area contributed by atoms with Gasteiger partial charge in [0.15, 0.2) is 12.2 Å². The first-order valence-electron chi connectivity index (χ1n) is 40.5. The molecular formula is C78H152O17P2. The van der Waals surface area contributed by atoms with Crippen LogP contribution in [0, 0.1) is 11.8 Å². The van der Waals surface area contributed by atoms with E-state index in [0.717, 1.165) is 102 Å². The highest BCUT2D eigenvalue weighted by Crippen LogP contribution is 2.45. The first-order chi connectivity index (χ1) is 46.9. The summed E-state index contributed by atoms with van der Waals surface area (Å²) >= 11 is 0. The summed E-state index contributed by atoms with van der Waals surface area (Å²) in [5.74, 6) is -0.550. The van der Waals surface area contributed by atoms with Crippen molar-refractivity contribution >= 4 is 39.5 Å². The number of esters is 4. The lowest BCUT2D eigenvalue weighted by molar-refractivity contribution is -0.161. The third-order valence-corrected chi connectivity index (χ3v) is 20.5. The maximum Gasteiger partial charge on any atom is 0.472 e. The summed E-state index contributed by atoms with van der Waals surface area (Å²) < 4.78 is 68.6. The summed E-state index contributed by atoms with van der Waals surface area (Å²) in [5, 5.41) is 10.6. The summed E-state index contributed by atoms with van der Waals surface area (Å²) in [4.78, 5) is 72.9. The van der Waals surface area contributed by atoms with Gasteiger partial charge in [0.2, 0.25) is 0 Å². The monoisotopic (exact) mass is 1420 g/mol. The van der Waals surface area contributed by atoms with Crippen molar-refractivity contribution in [1.82, 2.24) is 0 Å². The zero-order chi connectivity index (χ0) is 71.4. The highest BCUT2D eigenvalue weighted by Gasteiger charge is 2.30. The number of carbonyl (C=O) groups is 4. The van der Waals surface area contributed by atoms with E-state index in [1.807, 2.05) is 0 Å². The molecule has 576 valence electrons. The molecule has 0 amide bonds. The molecule has 0 saturated carbocycles. The Kier molecular flexibility index (Phi) is 68.4. The van der Waals surface area contributed by atoms with Gasteiger partial charge in [-0.3, -0.25) is 37.3 Å². The first kappa shape index (κ1) is 95.1. The molecule has 0 saturated heterocycles. The van der Waals surface area contributed by atoms with Crippen LogP contribution in [0.5, 0.6) is 0 Å². The SMILES string of the molecule is CCCCCCCCCCCCCCCCCCCCC(=O)O[C@H](COC(=O)CCCCCCCCCCCCC(C)CC)COP(=O)(O)OC[C@@H](O)COP(=O)(O)OC[C@@H](COC(=O)CCCCCCCCCCCCCC)OC(=O)CCCCCCCCCCCCC(C)C. The Balaban J connectivity index is 5.26. The minimum absolute atomic E-state index is 0.106. The minimum Gasteiger partial charge on any atom is -0.462 e. The second-order valence-corrected chi connectivity index (χ2v) is 31.7. The molecule has 0 rings (SSSR count). The second kappa shape index (κ2) is 69.8. The van der Waals surface area contributed by atoms with Crippen LogP contribution in [0.4, 0.5) is 0 Å². The fourth-order valence-corrected chi connectivity index (χ4v) is 13.6. The molecule has 0 fully saturated rings. The van der Waals surface area contributed by atoms with Gasteiger partial charge in [-0.2, -0.15) is 0 Å². The topological polar surface area (TPSA) is 237 Å². The van der Waals surface area contributed by atoms with E-state index in [4.69, 9.17) is 37.0 Å². The highest BCUT2D eigenvalue weighted by atomic mass is 31.2. The molecule has 0 spiro atoms. The van der Waals surface area contributed by atoms with E-state index in [1.54, 1.807) is 0 Å². The van der Waals surface area contributed by atoms with E-state index in [2.05, 4.69) is 41.5 Å². The maximum absolute atomic E-state index is 13.1. The lowest BCUT2D eigenvalue weighted by Gasteiger charge is -2.21. The van der Waals surface area contributed by atoms with Crippen molar-refractivity contribution in [2.45, 2.75) is 426 Å². The van der Waals surface area contributed by atoms with Gasteiger partial charge in [0.25, 0.3) is 0 Å². The fourth-order valence-electron chi connectivity index (χ4n) is 12.0. The lowest BCUT2D eigenvalue weighted by atomic mass is 9.99. The number of aliphatic hydroxyl groups excluding tert-OH is 1. The fraction of sp³-hybridized carbons (Fsp3) is 0.949. The molecule has 0 aliphatic heterocycles. The molecule has 0 heterocycles. The predicted octanol–water partition coefficient (Wildman–Crippen LogP) is 23.1. The van der Waals surface area contributed by atoms with Crippen LogP contribution < -0.4 is 0 Å². The molecule has 0 aliphatic rings. The van der Waals surface area contributed by atoms with Gasteiger partial charge in [0, 0.05) is 25.7 Å². The number of rotatable bonds is 77. The van der Waals surface area contributed by atoms with E-state index in [-0.39, 0.29) is 25.7 Å². The van der Waals surface area contributed by atoms with Crippen LogP contribution in [0.2, 0.25) is 0 Å². The summed E-state index contributed by atoms with van der Waals surface area (Å²) in [6.45, 7) is 9.64. The summed E-state index contributed by atoms with van der Waals surface area (Å²) in [6.07, 6.45) is 58.1. The van der Waals surface area contributed by atoms with Crippen LogP contribution in [0.1, 0.15) is 408 Å². The van der Waals surface area contributed by atoms with Crippen LogP contribution in [0.3, 0.4) is 0 Å². The van der Waals surface area contributed by atoms with Gasteiger partial charge in [-0.05, 0) is 37.5 Å². The third kappa shape index (κ3) is 70.9. The molecule has 3 unspecified atom stereocenters. The van der Waals surface area contributed by atoms with E-state index < -0.39 is 97.5 Å². The second-order valence-electron chi connectivity index (χ2n) is 28.8. The van der Waals surface area contributed by atoms with Crippen molar-refractivity contribution in [2.24, 2.45) is 11.8 Å². The average molecular weight is 1420 g/mol. The summed E-state index contributed by atoms with van der Waals surface area (Å²) in [5.41, 5.74) is 0. The molecule has 3 N–H and O–H groups in total. The van der Waals surface area contributed by atoms with Crippen molar-refractivity contribution in [3.63, 3.8) is 0 Å². The van der Waals surface area contributed by atoms with Crippen molar-refractivity contribution in [1.29, 1.82) is 0 Å². The molecule has 0 aromatic carbocycles. The molecule has 0 aromatic heterocycles. The maximum atomic E-state index is 13.1. The molecule has 0 aliphatic carbocycles. The number of hydrogen-bond acceptors (Lipinski definition) is 15. The van der Waals surface area contributed by atoms with Crippen molar-refractivity contribution in [3.05, 3.63) is 0 Å². The van der Waals surface area contributed by atoms with Gasteiger partial charge in [-0.1, -0.05) is 356 Å². The molecule has 17 nitrogen and oxygen atoms in total. The van der Waals surface area contributed by atoms with Gasteiger partial charge in [0.1, 0.15) is 19.3 Å². The van der Waals surface area contributed by atoms with E-state index in [1.165, 1.54) is 225 Å². The number of phosphoric acid groups is 2. The van der Waals surface area contributed by atoms with Crippen LogP contribution in [-0.4, -0.2) is 96.7 Å². The lowest BCUT2D eigenvalue weighted by Crippen LogP contribution is -2.30. The Morgan fingerprint density at radius 2 is 0.526 bits per heavy atom. The van der Waals surface area contributed by atoms with Gasteiger partial charge < -0.3 is 33.8 Å². The van der Waals surface area contributed by atoms with Crippen LogP contribution in [0.15, 0.2) is 0 Å². The molecule has 19 heteroatoms. The average Bonchev–Trinajstić information content (AvgIpc) is 1.76. The van der Waals surface area contributed by atoms with Crippen LogP contribution in [0.25, 0.3) is 0 Å². The third-order valence-electron chi connectivity index (χ3n) is 18.6. The molecule has 6 atom stereocenters. The van der Waals surface area contributed by atoms with Gasteiger partial charge in [-0.15, -0.1) is 0 Å². The molecule has 0 aromatic rings. The van der Waals surface area contributed by atoms with E-state index in [0.29, 0.717) is 25.7 Å². The Hall–Kier alpha value is -1.94. The zero-order valence-corrected chi connectivity index (χ0v) is 65.2. The summed E-state index contributed by atoms with van der Waals surface area (Å²) in [7, 11) is -9.92. The summed E-state index contributed by atoms with van der Waals surface area (Å²) in [6, 6.07) is 0. The number of hydrogen-bond donors (Lipinski definition) is 3. The number of unbranched alkanes of at least 4 members (excludes halogenated alkanes) is 46. The van der Waals surface area contributed by atoms with Crippen molar-refractivity contribution in [2.75, 3.05) is 39.6 Å². The first-order valence-corrected chi connectivity index (χ1v) is 43.5. The number of phosphoric ester groups is 2. The quantitative estimate of drug-likeness (QED) is 0.0222. The molecule has 0 bridgehead atoms. The van der Waals surface area contributed by atoms with Crippen LogP contribution >= 0.6 is 15.6 Å². The largest absolute Gasteiger partial charge is 0.472 e. The molecule has 97 heavy (non-hydrogen) atoms. The van der Waals surface area contributed by atoms with Gasteiger partial charge in [-0.25, -0.2) is 9.13 Å². The van der Waals surface area contributed by atoms with E-state index >= 15 is 0 Å². The number of ether oxygens (including phenoxy) is 4. The normalized spacial score (nSPS) is 14.2. The van der Waals surface area contributed by atoms with Gasteiger partial charge in [0.05, 0.1) is 26.4 Å². The number of aliphatic hydroxyl groups is 1. The van der Waals surface area contributed by atoms with Crippen molar-refractivity contribution < 1.29 is 80.2 Å². The van der Waals surface area contributed by atoms with Gasteiger partial charge >= 0.3 is 39.5 Å². The predicted molar refractivity (Wildman–Crippen MR) is 395 cm³/mol. The Bertz CT molecular complexity index is 1870. The standard InChI is InChI=1S/C78H152O17P2/c1-7-10-12-14-16-18-20-22-23-24-25-26-27-29-38-44-50-56-62-77(82)94-73(67-89-76(81)61-55-49-43-37-33-31-35-41-47-53-59-71(6)9-3)68-92-96(84,85)90-64-72(79)65-91-97(86,87)93-69-74(66-88-75(80)60-54-48-42-36-28-21-19-17-15-13-11-8-2)95-78(83)63-57-51-45-39-32-30-34-40-46-52-58-70(4)5/h70-74,79H,7-69H2,1-6H3,(H,84,85)(H,86,87)/t71?,72-,73-,74-/m1/s1. The van der Waals surface area contributed by atoms with Crippen molar-refractivity contribution in [3.8, 4) is 0 Å². The smallest absolute Gasteiger partial charge is 0.462 e. The molecule has 0 radical (unpaired) electrons. The highest BCUT2D eigenvalue weighted by molar-refractivity contribution is 7.47. The minimum atomic E-state index is -4.96. The Labute approximate surface area is 594 Å².